The molecule has 1 aliphatic heterocycles. The fraction of sp³-hybridized carbons (Fsp3) is 0.438. The summed E-state index contributed by atoms with van der Waals surface area (Å²) in [4.78, 5) is 34.8. The first-order valence-corrected chi connectivity index (χ1v) is 7.98. The Balaban J connectivity index is 1.77. The van der Waals surface area contributed by atoms with Crippen LogP contribution in [0.15, 0.2) is 18.2 Å². The average molecular weight is 355 g/mol. The summed E-state index contributed by atoms with van der Waals surface area (Å²) in [7, 11) is 0. The number of amides is 2. The van der Waals surface area contributed by atoms with Crippen molar-refractivity contribution in [1.82, 2.24) is 10.6 Å². The van der Waals surface area contributed by atoms with Gasteiger partial charge in [-0.25, -0.2) is 0 Å². The second-order valence-electron chi connectivity index (χ2n) is 5.30. The summed E-state index contributed by atoms with van der Waals surface area (Å²) < 4.78 is 10.5. The zero-order valence-electron chi connectivity index (χ0n) is 13.3. The van der Waals surface area contributed by atoms with Crippen molar-refractivity contribution in [2.75, 3.05) is 26.3 Å². The van der Waals surface area contributed by atoms with Crippen LogP contribution >= 0.6 is 11.6 Å². The number of esters is 1. The Hall–Kier alpha value is -2.28. The maximum Gasteiger partial charge on any atom is 0.313 e. The molecule has 0 unspecified atom stereocenters. The maximum absolute atomic E-state index is 12.0. The summed E-state index contributed by atoms with van der Waals surface area (Å²) in [6, 6.07) is 5.22. The highest BCUT2D eigenvalue weighted by molar-refractivity contribution is 6.30. The summed E-state index contributed by atoms with van der Waals surface area (Å²) >= 11 is 5.93. The summed E-state index contributed by atoms with van der Waals surface area (Å²) in [5.74, 6) is -1.15. The highest BCUT2D eigenvalue weighted by Crippen LogP contribution is 2.30. The number of rotatable bonds is 6. The monoisotopic (exact) mass is 354 g/mol. The van der Waals surface area contributed by atoms with Crippen molar-refractivity contribution in [1.29, 1.82) is 0 Å². The van der Waals surface area contributed by atoms with Gasteiger partial charge in [-0.3, -0.25) is 14.4 Å². The van der Waals surface area contributed by atoms with Crippen molar-refractivity contribution >= 4 is 29.4 Å². The van der Waals surface area contributed by atoms with Gasteiger partial charge in [0.05, 0.1) is 12.5 Å². The van der Waals surface area contributed by atoms with E-state index < -0.39 is 24.4 Å². The Labute approximate surface area is 144 Å². The number of carbonyl (C=O) groups is 3. The van der Waals surface area contributed by atoms with E-state index in [-0.39, 0.29) is 19.1 Å². The molecule has 1 aliphatic rings. The third-order valence-corrected chi connectivity index (χ3v) is 3.66. The number of hydrogen-bond acceptors (Lipinski definition) is 5. The minimum absolute atomic E-state index is 0.150. The van der Waals surface area contributed by atoms with Gasteiger partial charge in [0.2, 0.25) is 5.91 Å². The summed E-state index contributed by atoms with van der Waals surface area (Å²) in [5, 5.41) is 5.48. The number of likely N-dealkylation sites (N-methyl/N-ethyl adjacent to an activating group) is 1. The molecule has 0 fully saturated rings. The van der Waals surface area contributed by atoms with Crippen LogP contribution in [0.25, 0.3) is 0 Å². The number of nitrogens with one attached hydrogen (secondary N) is 2. The van der Waals surface area contributed by atoms with Crippen molar-refractivity contribution in [3.63, 3.8) is 0 Å². The van der Waals surface area contributed by atoms with Gasteiger partial charge in [0.25, 0.3) is 5.91 Å². The third-order valence-electron chi connectivity index (χ3n) is 3.43. The zero-order valence-corrected chi connectivity index (χ0v) is 14.0. The van der Waals surface area contributed by atoms with Gasteiger partial charge in [-0.2, -0.15) is 0 Å². The third kappa shape index (κ3) is 5.13. The van der Waals surface area contributed by atoms with Crippen molar-refractivity contribution < 1.29 is 23.9 Å². The van der Waals surface area contributed by atoms with E-state index in [1.54, 1.807) is 25.1 Å². The molecule has 0 saturated heterocycles. The molecule has 0 radical (unpaired) electrons. The average Bonchev–Trinajstić information content (AvgIpc) is 2.57. The quantitative estimate of drug-likeness (QED) is 0.733. The van der Waals surface area contributed by atoms with Crippen LogP contribution < -0.4 is 15.4 Å². The molecular formula is C16H19ClN2O5. The van der Waals surface area contributed by atoms with Gasteiger partial charge >= 0.3 is 5.97 Å². The molecule has 0 spiro atoms. The van der Waals surface area contributed by atoms with E-state index in [0.29, 0.717) is 23.7 Å². The molecule has 130 valence electrons. The summed E-state index contributed by atoms with van der Waals surface area (Å²) in [6.07, 6.45) is 0.440. The number of ether oxygens (including phenoxy) is 2. The Morgan fingerprint density at radius 3 is 2.83 bits per heavy atom. The number of carbonyl (C=O) groups excluding carboxylic acids is 3. The van der Waals surface area contributed by atoms with Gasteiger partial charge in [0, 0.05) is 11.6 Å². The topological polar surface area (TPSA) is 93.7 Å². The van der Waals surface area contributed by atoms with E-state index in [4.69, 9.17) is 21.1 Å². The van der Waals surface area contributed by atoms with Crippen molar-refractivity contribution in [3.8, 4) is 5.75 Å². The molecule has 7 nitrogen and oxygen atoms in total. The van der Waals surface area contributed by atoms with Crippen LogP contribution in [0.2, 0.25) is 5.02 Å². The highest BCUT2D eigenvalue weighted by Gasteiger charge is 2.27. The van der Waals surface area contributed by atoms with Gasteiger partial charge in [-0.15, -0.1) is 0 Å². The van der Waals surface area contributed by atoms with E-state index in [1.807, 2.05) is 0 Å². The molecular weight excluding hydrogens is 336 g/mol. The Morgan fingerprint density at radius 1 is 1.29 bits per heavy atom. The molecule has 1 heterocycles. The number of fused-ring (bicyclic) bond motifs is 1. The standard InChI is InChI=1S/C16H19ClN2O5/c1-2-18-14(20)7-19-15(21)9-24-16(22)11-5-10-6-12(17)3-4-13(10)23-8-11/h3-4,6,11H,2,5,7-9H2,1H3,(H,18,20)(H,19,21)/t11-/m1/s1. The normalized spacial score (nSPS) is 15.7. The first-order valence-electron chi connectivity index (χ1n) is 7.61. The van der Waals surface area contributed by atoms with Crippen LogP contribution in [0, 0.1) is 5.92 Å². The van der Waals surface area contributed by atoms with Gasteiger partial charge in [-0.1, -0.05) is 11.6 Å². The largest absolute Gasteiger partial charge is 0.492 e. The molecule has 2 N–H and O–H groups in total. The van der Waals surface area contributed by atoms with Crippen LogP contribution in [-0.2, 0) is 25.5 Å². The van der Waals surface area contributed by atoms with Gasteiger partial charge in [0.1, 0.15) is 12.4 Å². The molecule has 24 heavy (non-hydrogen) atoms. The lowest BCUT2D eigenvalue weighted by atomic mass is 9.97. The van der Waals surface area contributed by atoms with E-state index in [2.05, 4.69) is 10.6 Å². The molecule has 8 heteroatoms. The molecule has 1 atom stereocenters. The summed E-state index contributed by atoms with van der Waals surface area (Å²) in [5.41, 5.74) is 0.830. The predicted octanol–water partition coefficient (Wildman–Crippen LogP) is 0.687. The molecule has 0 aliphatic carbocycles. The number of hydrogen-bond donors (Lipinski definition) is 2. The second-order valence-corrected chi connectivity index (χ2v) is 5.74. The Morgan fingerprint density at radius 2 is 2.08 bits per heavy atom. The van der Waals surface area contributed by atoms with Crippen LogP contribution in [0.4, 0.5) is 0 Å². The van der Waals surface area contributed by atoms with Crippen molar-refractivity contribution in [2.45, 2.75) is 13.3 Å². The highest BCUT2D eigenvalue weighted by atomic mass is 35.5. The van der Waals surface area contributed by atoms with Gasteiger partial charge in [-0.05, 0) is 37.1 Å². The minimum atomic E-state index is -0.533. The molecule has 0 bridgehead atoms. The molecule has 1 aromatic carbocycles. The lowest BCUT2D eigenvalue weighted by Crippen LogP contribution is -2.39. The molecule has 2 rings (SSSR count). The summed E-state index contributed by atoms with van der Waals surface area (Å²) in [6.45, 7) is 1.86. The van der Waals surface area contributed by atoms with Gasteiger partial charge in [0.15, 0.2) is 6.61 Å². The molecule has 0 saturated carbocycles. The fourth-order valence-corrected chi connectivity index (χ4v) is 2.45. The van der Waals surface area contributed by atoms with E-state index in [1.165, 1.54) is 0 Å². The first-order chi connectivity index (χ1) is 11.5. The first kappa shape index (κ1) is 18.1. The second kappa shape index (κ2) is 8.54. The molecule has 1 aromatic rings. The van der Waals surface area contributed by atoms with Crippen molar-refractivity contribution in [2.24, 2.45) is 5.92 Å². The van der Waals surface area contributed by atoms with Crippen molar-refractivity contribution in [3.05, 3.63) is 28.8 Å². The van der Waals surface area contributed by atoms with Crippen LogP contribution in [0.5, 0.6) is 5.75 Å². The fourth-order valence-electron chi connectivity index (χ4n) is 2.26. The minimum Gasteiger partial charge on any atom is -0.492 e. The number of halogens is 1. The van der Waals surface area contributed by atoms with E-state index in [9.17, 15) is 14.4 Å². The molecule has 0 aromatic heterocycles. The predicted molar refractivity (Wildman–Crippen MR) is 86.8 cm³/mol. The Bertz CT molecular complexity index is 635. The molecule has 2 amide bonds. The Kier molecular flexibility index (Phi) is 6.43. The maximum atomic E-state index is 12.0. The smallest absolute Gasteiger partial charge is 0.313 e. The van der Waals surface area contributed by atoms with Crippen LogP contribution in [0.1, 0.15) is 12.5 Å². The van der Waals surface area contributed by atoms with Crippen LogP contribution in [-0.4, -0.2) is 44.1 Å². The van der Waals surface area contributed by atoms with Gasteiger partial charge < -0.3 is 20.1 Å². The van der Waals surface area contributed by atoms with E-state index in [0.717, 1.165) is 5.56 Å². The lowest BCUT2D eigenvalue weighted by molar-refractivity contribution is -0.153. The van der Waals surface area contributed by atoms with E-state index >= 15 is 0 Å². The SMILES string of the molecule is CCNC(=O)CNC(=O)COC(=O)[C@H]1COc2ccc(Cl)cc2C1. The lowest BCUT2D eigenvalue weighted by Gasteiger charge is -2.24. The zero-order chi connectivity index (χ0) is 17.5. The number of benzene rings is 1. The van der Waals surface area contributed by atoms with Crippen LogP contribution in [0.3, 0.4) is 0 Å².